The Hall–Kier alpha value is -1.48. The van der Waals surface area contributed by atoms with Crippen molar-refractivity contribution >= 4 is 17.2 Å². The second-order valence-corrected chi connectivity index (χ2v) is 7.70. The van der Waals surface area contributed by atoms with Gasteiger partial charge in [-0.05, 0) is 41.0 Å². The third-order valence-electron chi connectivity index (χ3n) is 5.35. The summed E-state index contributed by atoms with van der Waals surface area (Å²) in [4.78, 5) is 0. The molecule has 0 saturated carbocycles. The molecule has 2 aliphatic rings. The molecule has 0 N–H and O–H groups in total. The summed E-state index contributed by atoms with van der Waals surface area (Å²) in [6.45, 7) is 4.03. The Kier molecular flexibility index (Phi) is 4.89. The number of alkyl halides is 4. The molecule has 4 heteroatoms. The maximum absolute atomic E-state index is 16.5. The van der Waals surface area contributed by atoms with E-state index in [2.05, 4.69) is 0 Å². The van der Waals surface area contributed by atoms with Crippen molar-refractivity contribution in [3.8, 4) is 0 Å². The van der Waals surface area contributed by atoms with Crippen LogP contribution in [0.25, 0.3) is 5.57 Å². The third kappa shape index (κ3) is 3.19. The van der Waals surface area contributed by atoms with Gasteiger partial charge in [-0.25, -0.2) is 13.2 Å². The smallest absolute Gasteiger partial charge is 0.233 e. The Balaban J connectivity index is 2.20. The number of benzene rings is 1. The molecule has 0 radical (unpaired) electrons. The van der Waals surface area contributed by atoms with Gasteiger partial charge < -0.3 is 0 Å². The Morgan fingerprint density at radius 2 is 1.84 bits per heavy atom. The highest BCUT2D eigenvalue weighted by atomic mass is 35.5. The zero-order valence-electron chi connectivity index (χ0n) is 14.5. The summed E-state index contributed by atoms with van der Waals surface area (Å²) in [5.74, 6) is -0.0857. The Morgan fingerprint density at radius 3 is 2.36 bits per heavy atom. The number of hydrogen-bond donors (Lipinski definition) is 0. The van der Waals surface area contributed by atoms with Crippen molar-refractivity contribution < 1.29 is 13.2 Å². The quantitative estimate of drug-likeness (QED) is 0.409. The lowest BCUT2D eigenvalue weighted by Gasteiger charge is -2.40. The third-order valence-corrected chi connectivity index (χ3v) is 5.67. The van der Waals surface area contributed by atoms with Gasteiger partial charge in [0.2, 0.25) is 0 Å². The van der Waals surface area contributed by atoms with E-state index in [4.69, 9.17) is 11.6 Å². The molecule has 1 aromatic rings. The van der Waals surface area contributed by atoms with Crippen LogP contribution in [0.4, 0.5) is 13.2 Å². The number of rotatable bonds is 4. The van der Waals surface area contributed by atoms with Crippen molar-refractivity contribution in [3.63, 3.8) is 0 Å². The lowest BCUT2D eigenvalue weighted by atomic mass is 9.68. The van der Waals surface area contributed by atoms with Gasteiger partial charge in [0.1, 0.15) is 0 Å². The normalized spacial score (nSPS) is 26.0. The molecule has 2 aliphatic carbocycles. The summed E-state index contributed by atoms with van der Waals surface area (Å²) < 4.78 is 43.6. The van der Waals surface area contributed by atoms with E-state index in [1.807, 2.05) is 26.0 Å². The van der Waals surface area contributed by atoms with Gasteiger partial charge in [-0.15, -0.1) is 11.6 Å². The summed E-state index contributed by atoms with van der Waals surface area (Å²) in [5.41, 5.74) is -0.308. The van der Waals surface area contributed by atoms with Gasteiger partial charge >= 0.3 is 0 Å². The fourth-order valence-corrected chi connectivity index (χ4v) is 4.31. The molecule has 0 bridgehead atoms. The maximum Gasteiger partial charge on any atom is 0.263 e. The van der Waals surface area contributed by atoms with E-state index in [0.717, 1.165) is 12.8 Å². The van der Waals surface area contributed by atoms with Gasteiger partial charge in [0.25, 0.3) is 6.43 Å². The average molecular weight is 367 g/mol. The summed E-state index contributed by atoms with van der Waals surface area (Å²) >= 11 is 5.91. The first-order valence-electron chi connectivity index (χ1n) is 8.53. The average Bonchev–Trinajstić information content (AvgIpc) is 2.95. The zero-order valence-corrected chi connectivity index (χ0v) is 15.2. The Bertz CT molecular complexity index is 744. The second kappa shape index (κ2) is 6.68. The van der Waals surface area contributed by atoms with Crippen LogP contribution in [-0.2, 0) is 0 Å². The molecule has 1 aromatic carbocycles. The van der Waals surface area contributed by atoms with Crippen molar-refractivity contribution in [1.82, 2.24) is 0 Å². The monoisotopic (exact) mass is 366 g/mol. The molecule has 0 saturated heterocycles. The van der Waals surface area contributed by atoms with Gasteiger partial charge in [-0.2, -0.15) is 0 Å². The minimum atomic E-state index is -2.66. The number of hydrogen-bond acceptors (Lipinski definition) is 0. The van der Waals surface area contributed by atoms with E-state index in [1.165, 1.54) is 6.08 Å². The Labute approximate surface area is 152 Å². The summed E-state index contributed by atoms with van der Waals surface area (Å²) in [6, 6.07) is 8.98. The highest BCUT2D eigenvalue weighted by Crippen LogP contribution is 2.55. The molecule has 3 rings (SSSR count). The van der Waals surface area contributed by atoms with Crippen molar-refractivity contribution in [2.24, 2.45) is 5.41 Å². The van der Waals surface area contributed by atoms with E-state index in [0.29, 0.717) is 22.3 Å². The predicted molar refractivity (Wildman–Crippen MR) is 97.7 cm³/mol. The summed E-state index contributed by atoms with van der Waals surface area (Å²) in [5, 5.41) is 0. The van der Waals surface area contributed by atoms with E-state index < -0.39 is 12.1 Å². The van der Waals surface area contributed by atoms with Gasteiger partial charge in [0.15, 0.2) is 5.67 Å². The number of allylic oxidation sites excluding steroid dienone is 6. The molecule has 25 heavy (non-hydrogen) atoms. The van der Waals surface area contributed by atoms with Crippen molar-refractivity contribution in [2.75, 3.05) is 5.88 Å². The minimum Gasteiger partial charge on any atom is -0.233 e. The van der Waals surface area contributed by atoms with E-state index in [-0.39, 0.29) is 23.3 Å². The van der Waals surface area contributed by atoms with Crippen LogP contribution in [0.3, 0.4) is 0 Å². The second-order valence-electron chi connectivity index (χ2n) is 7.44. The molecule has 0 aliphatic heterocycles. The summed E-state index contributed by atoms with van der Waals surface area (Å²) in [7, 11) is 0. The highest BCUT2D eigenvalue weighted by Gasteiger charge is 2.49. The molecule has 0 fully saturated rings. The SMILES string of the molecule is CC1(C)CCC=C1C1(F)CC(CCl)=C(C(F)F)C=C1c1ccccc1. The van der Waals surface area contributed by atoms with Crippen LogP contribution >= 0.6 is 11.6 Å². The van der Waals surface area contributed by atoms with Crippen LogP contribution in [0.5, 0.6) is 0 Å². The summed E-state index contributed by atoms with van der Waals surface area (Å²) in [6.07, 6.45) is 2.16. The predicted octanol–water partition coefficient (Wildman–Crippen LogP) is 6.73. The van der Waals surface area contributed by atoms with Crippen LogP contribution in [-0.4, -0.2) is 18.0 Å². The lowest BCUT2D eigenvalue weighted by molar-refractivity contribution is 0.187. The molecule has 0 spiro atoms. The van der Waals surface area contributed by atoms with E-state index in [9.17, 15) is 8.78 Å². The molecule has 0 aromatic heterocycles. The first-order valence-corrected chi connectivity index (χ1v) is 9.07. The van der Waals surface area contributed by atoms with E-state index in [1.54, 1.807) is 24.3 Å². The maximum atomic E-state index is 16.5. The molecule has 0 amide bonds. The van der Waals surface area contributed by atoms with Crippen LogP contribution in [0, 0.1) is 5.41 Å². The molecule has 1 unspecified atom stereocenters. The van der Waals surface area contributed by atoms with Crippen molar-refractivity contribution in [2.45, 2.75) is 45.2 Å². The molecular weight excluding hydrogens is 345 g/mol. The lowest BCUT2D eigenvalue weighted by Crippen LogP contribution is -2.37. The molecular formula is C21H22ClF3. The highest BCUT2D eigenvalue weighted by molar-refractivity contribution is 6.19. The first kappa shape index (κ1) is 18.3. The largest absolute Gasteiger partial charge is 0.263 e. The zero-order chi connectivity index (χ0) is 18.2. The molecule has 0 nitrogen and oxygen atoms in total. The topological polar surface area (TPSA) is 0 Å². The minimum absolute atomic E-state index is 0.0857. The fourth-order valence-electron chi connectivity index (χ4n) is 4.06. The number of halogens is 4. The van der Waals surface area contributed by atoms with Crippen LogP contribution in [0.1, 0.15) is 38.7 Å². The standard InChI is InChI=1S/C21H22ClF3/c1-20(2)10-6-9-18(20)21(25)12-15(13-22)16(19(23)24)11-17(21)14-7-4-3-5-8-14/h3-5,7-9,11,19H,6,10,12-13H2,1-2H3. The van der Waals surface area contributed by atoms with Gasteiger partial charge in [0, 0.05) is 23.4 Å². The van der Waals surface area contributed by atoms with E-state index >= 15 is 4.39 Å². The van der Waals surface area contributed by atoms with Gasteiger partial charge in [0.05, 0.1) is 0 Å². The molecule has 0 heterocycles. The molecule has 134 valence electrons. The van der Waals surface area contributed by atoms with Gasteiger partial charge in [-0.3, -0.25) is 0 Å². The van der Waals surface area contributed by atoms with Crippen molar-refractivity contribution in [3.05, 3.63) is 64.8 Å². The van der Waals surface area contributed by atoms with Crippen LogP contribution in [0.2, 0.25) is 0 Å². The van der Waals surface area contributed by atoms with Crippen molar-refractivity contribution in [1.29, 1.82) is 0 Å². The van der Waals surface area contributed by atoms with Gasteiger partial charge in [-0.1, -0.05) is 50.3 Å². The van der Waals surface area contributed by atoms with Crippen LogP contribution in [0.15, 0.2) is 59.2 Å². The van der Waals surface area contributed by atoms with Crippen LogP contribution < -0.4 is 0 Å². The Morgan fingerprint density at radius 1 is 1.16 bits per heavy atom. The first-order chi connectivity index (χ1) is 11.8. The fraction of sp³-hybridized carbons (Fsp3) is 0.429. The molecule has 1 atom stereocenters.